The van der Waals surface area contributed by atoms with Crippen LogP contribution in [0.15, 0.2) is 36.4 Å². The predicted molar refractivity (Wildman–Crippen MR) is 95.9 cm³/mol. The summed E-state index contributed by atoms with van der Waals surface area (Å²) in [6.07, 6.45) is 5.31. The molecule has 1 spiro atoms. The molecule has 1 saturated carbocycles. The van der Waals surface area contributed by atoms with Crippen molar-refractivity contribution in [3.05, 3.63) is 58.7 Å². The van der Waals surface area contributed by atoms with Gasteiger partial charge in [-0.3, -0.25) is 0 Å². The van der Waals surface area contributed by atoms with Crippen LogP contribution < -0.4 is 9.80 Å². The highest BCUT2D eigenvalue weighted by molar-refractivity contribution is 5.72. The largest absolute Gasteiger partial charge is 0.344 e. The molecule has 2 aromatic carbocycles. The monoisotopic (exact) mass is 304 g/mol. The summed E-state index contributed by atoms with van der Waals surface area (Å²) in [5.41, 5.74) is 8.90. The van der Waals surface area contributed by atoms with E-state index in [0.29, 0.717) is 0 Å². The third-order valence-electron chi connectivity index (χ3n) is 6.12. The van der Waals surface area contributed by atoms with Gasteiger partial charge in [-0.15, -0.1) is 0 Å². The zero-order valence-electron chi connectivity index (χ0n) is 14.1. The molecular weight excluding hydrogens is 280 g/mol. The van der Waals surface area contributed by atoms with E-state index in [4.69, 9.17) is 0 Å². The highest BCUT2D eigenvalue weighted by Crippen LogP contribution is 2.52. The minimum atomic E-state index is 0.227. The Balaban J connectivity index is 1.74. The SMILES string of the molecule is Cc1ccc2c(c1)CN1c3ccc(C)cc3CN2C12CCCC2. The maximum Gasteiger partial charge on any atom is 0.113 e. The Morgan fingerprint density at radius 3 is 1.70 bits per heavy atom. The zero-order valence-corrected chi connectivity index (χ0v) is 14.1. The molecule has 1 aliphatic carbocycles. The summed E-state index contributed by atoms with van der Waals surface area (Å²) in [6, 6.07) is 14.1. The number of rotatable bonds is 0. The zero-order chi connectivity index (χ0) is 15.6. The maximum atomic E-state index is 2.72. The van der Waals surface area contributed by atoms with Gasteiger partial charge in [-0.25, -0.2) is 0 Å². The predicted octanol–water partition coefficient (Wildman–Crippen LogP) is 4.91. The molecule has 0 amide bonds. The lowest BCUT2D eigenvalue weighted by Crippen LogP contribution is -2.64. The lowest BCUT2D eigenvalue weighted by molar-refractivity contribution is 0.336. The van der Waals surface area contributed by atoms with E-state index in [1.807, 2.05) is 0 Å². The van der Waals surface area contributed by atoms with Crippen LogP contribution in [0.3, 0.4) is 0 Å². The van der Waals surface area contributed by atoms with Crippen LogP contribution in [-0.4, -0.2) is 5.66 Å². The fraction of sp³-hybridized carbons (Fsp3) is 0.429. The molecule has 0 unspecified atom stereocenters. The van der Waals surface area contributed by atoms with Crippen LogP contribution >= 0.6 is 0 Å². The van der Waals surface area contributed by atoms with Gasteiger partial charge in [0.25, 0.3) is 0 Å². The van der Waals surface area contributed by atoms with Gasteiger partial charge >= 0.3 is 0 Å². The number of benzene rings is 2. The first kappa shape index (κ1) is 13.5. The number of anilines is 2. The Morgan fingerprint density at radius 2 is 1.22 bits per heavy atom. The summed E-state index contributed by atoms with van der Waals surface area (Å²) in [5.74, 6) is 0. The topological polar surface area (TPSA) is 6.48 Å². The Kier molecular flexibility index (Phi) is 2.66. The minimum absolute atomic E-state index is 0.227. The van der Waals surface area contributed by atoms with Crippen LogP contribution in [0.25, 0.3) is 0 Å². The van der Waals surface area contributed by atoms with Crippen molar-refractivity contribution >= 4 is 11.4 Å². The number of hydrogen-bond acceptors (Lipinski definition) is 2. The minimum Gasteiger partial charge on any atom is -0.344 e. The second-order valence-electron chi connectivity index (χ2n) is 7.63. The highest BCUT2D eigenvalue weighted by atomic mass is 15.4. The van der Waals surface area contributed by atoms with Gasteiger partial charge in [0.15, 0.2) is 0 Å². The van der Waals surface area contributed by atoms with Gasteiger partial charge in [0.05, 0.1) is 0 Å². The average molecular weight is 304 g/mol. The van der Waals surface area contributed by atoms with Crippen molar-refractivity contribution in [2.45, 2.75) is 58.3 Å². The van der Waals surface area contributed by atoms with Crippen molar-refractivity contribution in [1.29, 1.82) is 0 Å². The second kappa shape index (κ2) is 4.53. The number of fused-ring (bicyclic) bond motifs is 4. The van der Waals surface area contributed by atoms with Crippen LogP contribution in [-0.2, 0) is 13.1 Å². The van der Waals surface area contributed by atoms with E-state index in [1.54, 1.807) is 0 Å². The fourth-order valence-corrected chi connectivity index (χ4v) is 5.09. The first-order chi connectivity index (χ1) is 11.2. The second-order valence-corrected chi connectivity index (χ2v) is 7.63. The smallest absolute Gasteiger partial charge is 0.113 e. The van der Waals surface area contributed by atoms with Crippen LogP contribution in [0.2, 0.25) is 0 Å². The van der Waals surface area contributed by atoms with Crippen molar-refractivity contribution in [2.24, 2.45) is 0 Å². The molecular formula is C21H24N2. The van der Waals surface area contributed by atoms with Gasteiger partial charge in [0.1, 0.15) is 5.66 Å². The molecule has 0 N–H and O–H groups in total. The molecule has 2 aromatic rings. The van der Waals surface area contributed by atoms with Gasteiger partial charge in [0.2, 0.25) is 0 Å². The molecule has 5 rings (SSSR count). The van der Waals surface area contributed by atoms with E-state index >= 15 is 0 Å². The number of aryl methyl sites for hydroxylation is 2. The molecule has 1 fully saturated rings. The Labute approximate surface area is 138 Å². The van der Waals surface area contributed by atoms with E-state index in [2.05, 4.69) is 60.0 Å². The third kappa shape index (κ3) is 1.75. The highest BCUT2D eigenvalue weighted by Gasteiger charge is 2.51. The summed E-state index contributed by atoms with van der Waals surface area (Å²) < 4.78 is 0. The fourth-order valence-electron chi connectivity index (χ4n) is 5.09. The van der Waals surface area contributed by atoms with Crippen LogP contribution in [0.5, 0.6) is 0 Å². The molecule has 23 heavy (non-hydrogen) atoms. The van der Waals surface area contributed by atoms with Crippen LogP contribution in [0, 0.1) is 13.8 Å². The molecule has 0 radical (unpaired) electrons. The van der Waals surface area contributed by atoms with Gasteiger partial charge in [-0.05, 0) is 62.8 Å². The summed E-state index contributed by atoms with van der Waals surface area (Å²) >= 11 is 0. The van der Waals surface area contributed by atoms with E-state index in [9.17, 15) is 0 Å². The molecule has 118 valence electrons. The molecule has 2 bridgehead atoms. The normalized spacial score (nSPS) is 20.6. The lowest BCUT2D eigenvalue weighted by Gasteiger charge is -2.58. The van der Waals surface area contributed by atoms with Crippen molar-refractivity contribution in [1.82, 2.24) is 0 Å². The van der Waals surface area contributed by atoms with E-state index in [0.717, 1.165) is 13.1 Å². The quantitative estimate of drug-likeness (QED) is 0.682. The Hall–Kier alpha value is -1.96. The van der Waals surface area contributed by atoms with E-state index in [-0.39, 0.29) is 5.66 Å². The summed E-state index contributed by atoms with van der Waals surface area (Å²) in [5, 5.41) is 0. The first-order valence-electron chi connectivity index (χ1n) is 8.92. The number of nitrogens with zero attached hydrogens (tertiary/aromatic N) is 2. The third-order valence-corrected chi connectivity index (χ3v) is 6.12. The van der Waals surface area contributed by atoms with Crippen molar-refractivity contribution in [3.63, 3.8) is 0 Å². The molecule has 2 heterocycles. The molecule has 2 nitrogen and oxygen atoms in total. The molecule has 0 atom stereocenters. The van der Waals surface area contributed by atoms with E-state index < -0.39 is 0 Å². The van der Waals surface area contributed by atoms with E-state index in [1.165, 1.54) is 59.3 Å². The standard InChI is InChI=1S/C21H24N2/c1-15-5-7-19-17(11-15)13-22-20-8-6-16(2)12-18(20)14-23(19)21(22)9-3-4-10-21/h5-8,11-12H,3-4,9-10,13-14H2,1-2H3. The maximum absolute atomic E-state index is 2.72. The van der Waals surface area contributed by atoms with Gasteiger partial charge < -0.3 is 9.80 Å². The molecule has 0 saturated heterocycles. The van der Waals surface area contributed by atoms with Gasteiger partial charge in [-0.1, -0.05) is 35.4 Å². The molecule has 3 aliphatic rings. The molecule has 2 aliphatic heterocycles. The van der Waals surface area contributed by atoms with Gasteiger partial charge in [-0.2, -0.15) is 0 Å². The van der Waals surface area contributed by atoms with Crippen LogP contribution in [0.4, 0.5) is 11.4 Å². The van der Waals surface area contributed by atoms with Crippen molar-refractivity contribution in [3.8, 4) is 0 Å². The molecule has 0 aromatic heterocycles. The summed E-state index contributed by atoms with van der Waals surface area (Å²) in [6.45, 7) is 6.53. The Bertz CT molecular complexity index is 725. The van der Waals surface area contributed by atoms with Crippen LogP contribution in [0.1, 0.15) is 47.9 Å². The molecule has 2 heteroatoms. The number of hydrogen-bond donors (Lipinski definition) is 0. The average Bonchev–Trinajstić information content (AvgIpc) is 2.99. The summed E-state index contributed by atoms with van der Waals surface area (Å²) in [7, 11) is 0. The summed E-state index contributed by atoms with van der Waals surface area (Å²) in [4.78, 5) is 5.44. The Morgan fingerprint density at radius 1 is 0.739 bits per heavy atom. The first-order valence-corrected chi connectivity index (χ1v) is 8.92. The van der Waals surface area contributed by atoms with Gasteiger partial charge in [0, 0.05) is 24.5 Å². The van der Waals surface area contributed by atoms with Crippen molar-refractivity contribution in [2.75, 3.05) is 9.80 Å². The lowest BCUT2D eigenvalue weighted by atomic mass is 9.88. The van der Waals surface area contributed by atoms with Crippen molar-refractivity contribution < 1.29 is 0 Å².